The summed E-state index contributed by atoms with van der Waals surface area (Å²) in [6.45, 7) is 4.02. The van der Waals surface area contributed by atoms with E-state index < -0.39 is 6.04 Å². The number of nitrogens with one attached hydrogen (secondary N) is 1. The SMILES string of the molecule is CC(=O)N1CCN(C(=O)CCNC(=O)[C@@H](N)Cc2ccccc2)CC1. The summed E-state index contributed by atoms with van der Waals surface area (Å²) in [4.78, 5) is 38.9. The Bertz CT molecular complexity index is 598. The predicted molar refractivity (Wildman–Crippen MR) is 94.6 cm³/mol. The highest BCUT2D eigenvalue weighted by molar-refractivity contribution is 5.83. The van der Waals surface area contributed by atoms with Crippen LogP contribution in [0.4, 0.5) is 0 Å². The average molecular weight is 346 g/mol. The number of carbonyl (C=O) groups is 3. The fourth-order valence-corrected chi connectivity index (χ4v) is 2.81. The molecule has 1 fully saturated rings. The van der Waals surface area contributed by atoms with Crippen LogP contribution < -0.4 is 11.1 Å². The molecule has 25 heavy (non-hydrogen) atoms. The summed E-state index contributed by atoms with van der Waals surface area (Å²) in [5, 5.41) is 2.72. The largest absolute Gasteiger partial charge is 0.354 e. The van der Waals surface area contributed by atoms with Gasteiger partial charge in [0.1, 0.15) is 0 Å². The quantitative estimate of drug-likeness (QED) is 0.743. The van der Waals surface area contributed by atoms with Gasteiger partial charge in [0.2, 0.25) is 17.7 Å². The first-order chi connectivity index (χ1) is 12.0. The molecule has 1 aromatic rings. The molecule has 2 rings (SSSR count). The number of benzene rings is 1. The molecule has 3 N–H and O–H groups in total. The van der Waals surface area contributed by atoms with Gasteiger partial charge in [-0.15, -0.1) is 0 Å². The van der Waals surface area contributed by atoms with Gasteiger partial charge in [-0.25, -0.2) is 0 Å². The third-order valence-corrected chi connectivity index (χ3v) is 4.35. The molecular formula is C18H26N4O3. The first-order valence-electron chi connectivity index (χ1n) is 8.58. The molecule has 0 radical (unpaired) electrons. The van der Waals surface area contributed by atoms with Gasteiger partial charge in [-0.05, 0) is 12.0 Å². The van der Waals surface area contributed by atoms with Crippen molar-refractivity contribution in [1.29, 1.82) is 0 Å². The zero-order chi connectivity index (χ0) is 18.2. The Labute approximate surface area is 148 Å². The van der Waals surface area contributed by atoms with E-state index in [-0.39, 0.29) is 30.7 Å². The van der Waals surface area contributed by atoms with E-state index in [4.69, 9.17) is 5.73 Å². The number of carbonyl (C=O) groups excluding carboxylic acids is 3. The Morgan fingerprint density at radius 3 is 2.28 bits per heavy atom. The molecule has 1 aliphatic rings. The fourth-order valence-electron chi connectivity index (χ4n) is 2.81. The molecule has 136 valence electrons. The van der Waals surface area contributed by atoms with Crippen molar-refractivity contribution in [2.24, 2.45) is 5.73 Å². The van der Waals surface area contributed by atoms with Gasteiger partial charge >= 0.3 is 0 Å². The number of nitrogens with zero attached hydrogens (tertiary/aromatic N) is 2. The van der Waals surface area contributed by atoms with E-state index in [0.717, 1.165) is 5.56 Å². The number of amides is 3. The summed E-state index contributed by atoms with van der Waals surface area (Å²) < 4.78 is 0. The normalized spacial score (nSPS) is 15.6. The van der Waals surface area contributed by atoms with E-state index in [9.17, 15) is 14.4 Å². The van der Waals surface area contributed by atoms with Crippen LogP contribution in [0, 0.1) is 0 Å². The standard InChI is InChI=1S/C18H26N4O3/c1-14(23)21-9-11-22(12-10-21)17(24)7-8-20-18(25)16(19)13-15-5-3-2-4-6-15/h2-6,16H,7-13,19H2,1H3,(H,20,25)/t16-/m0/s1. The molecule has 1 heterocycles. The summed E-state index contributed by atoms with van der Waals surface area (Å²) in [6, 6.07) is 8.96. The van der Waals surface area contributed by atoms with Crippen LogP contribution in [-0.4, -0.2) is 66.3 Å². The Hall–Kier alpha value is -2.41. The van der Waals surface area contributed by atoms with Gasteiger partial charge in [0.15, 0.2) is 0 Å². The Morgan fingerprint density at radius 2 is 1.68 bits per heavy atom. The second-order valence-corrected chi connectivity index (χ2v) is 6.22. The highest BCUT2D eigenvalue weighted by atomic mass is 16.2. The summed E-state index contributed by atoms with van der Waals surface area (Å²) in [5.74, 6) is -0.232. The van der Waals surface area contributed by atoms with Gasteiger partial charge in [0.25, 0.3) is 0 Å². The van der Waals surface area contributed by atoms with Crippen molar-refractivity contribution in [2.45, 2.75) is 25.8 Å². The second-order valence-electron chi connectivity index (χ2n) is 6.22. The molecule has 1 aromatic carbocycles. The van der Waals surface area contributed by atoms with E-state index in [1.165, 1.54) is 6.92 Å². The number of piperazine rings is 1. The molecule has 0 spiro atoms. The number of hydrogen-bond acceptors (Lipinski definition) is 4. The van der Waals surface area contributed by atoms with Gasteiger partial charge in [-0.3, -0.25) is 14.4 Å². The first kappa shape index (κ1) is 18.9. The van der Waals surface area contributed by atoms with Crippen LogP contribution in [0.25, 0.3) is 0 Å². The van der Waals surface area contributed by atoms with Crippen molar-refractivity contribution in [3.05, 3.63) is 35.9 Å². The summed E-state index contributed by atoms with van der Waals surface area (Å²) >= 11 is 0. The van der Waals surface area contributed by atoms with Crippen LogP contribution in [0.2, 0.25) is 0 Å². The second kappa shape index (κ2) is 9.17. The Morgan fingerprint density at radius 1 is 1.08 bits per heavy atom. The average Bonchev–Trinajstić information content (AvgIpc) is 2.62. The highest BCUT2D eigenvalue weighted by Gasteiger charge is 2.22. The van der Waals surface area contributed by atoms with Crippen LogP contribution in [0.5, 0.6) is 0 Å². The molecule has 1 saturated heterocycles. The van der Waals surface area contributed by atoms with Crippen LogP contribution in [0.3, 0.4) is 0 Å². The maximum absolute atomic E-state index is 12.2. The Kier molecular flexibility index (Phi) is 6.94. The molecule has 0 unspecified atom stereocenters. The van der Waals surface area contributed by atoms with Gasteiger partial charge in [0, 0.05) is 46.1 Å². The highest BCUT2D eigenvalue weighted by Crippen LogP contribution is 2.04. The molecule has 0 aliphatic carbocycles. The van der Waals surface area contributed by atoms with E-state index in [2.05, 4.69) is 5.32 Å². The summed E-state index contributed by atoms with van der Waals surface area (Å²) in [5.41, 5.74) is 6.91. The number of nitrogens with two attached hydrogens (primary N) is 1. The fraction of sp³-hybridized carbons (Fsp3) is 0.500. The van der Waals surface area contributed by atoms with Gasteiger partial charge in [-0.1, -0.05) is 30.3 Å². The van der Waals surface area contributed by atoms with E-state index in [0.29, 0.717) is 32.6 Å². The molecule has 3 amide bonds. The van der Waals surface area contributed by atoms with Crippen LogP contribution in [0.1, 0.15) is 18.9 Å². The molecule has 7 heteroatoms. The van der Waals surface area contributed by atoms with Crippen molar-refractivity contribution in [2.75, 3.05) is 32.7 Å². The molecular weight excluding hydrogens is 320 g/mol. The molecule has 7 nitrogen and oxygen atoms in total. The molecule has 0 saturated carbocycles. The minimum Gasteiger partial charge on any atom is -0.354 e. The maximum Gasteiger partial charge on any atom is 0.237 e. The monoisotopic (exact) mass is 346 g/mol. The van der Waals surface area contributed by atoms with Crippen LogP contribution in [-0.2, 0) is 20.8 Å². The van der Waals surface area contributed by atoms with E-state index in [1.54, 1.807) is 9.80 Å². The van der Waals surface area contributed by atoms with Crippen molar-refractivity contribution < 1.29 is 14.4 Å². The molecule has 0 aromatic heterocycles. The van der Waals surface area contributed by atoms with E-state index in [1.807, 2.05) is 30.3 Å². The minimum atomic E-state index is -0.628. The molecule has 1 atom stereocenters. The lowest BCUT2D eigenvalue weighted by Crippen LogP contribution is -2.50. The van der Waals surface area contributed by atoms with Crippen molar-refractivity contribution >= 4 is 17.7 Å². The zero-order valence-corrected chi connectivity index (χ0v) is 14.6. The number of rotatable bonds is 6. The summed E-state index contributed by atoms with van der Waals surface area (Å²) in [6.07, 6.45) is 0.706. The lowest BCUT2D eigenvalue weighted by molar-refractivity contribution is -0.138. The minimum absolute atomic E-state index is 0.0138. The lowest BCUT2D eigenvalue weighted by Gasteiger charge is -2.34. The van der Waals surface area contributed by atoms with Crippen molar-refractivity contribution in [3.8, 4) is 0 Å². The van der Waals surface area contributed by atoms with Crippen LogP contribution in [0.15, 0.2) is 30.3 Å². The van der Waals surface area contributed by atoms with Crippen molar-refractivity contribution in [3.63, 3.8) is 0 Å². The molecule has 0 bridgehead atoms. The Balaban J connectivity index is 1.67. The maximum atomic E-state index is 12.2. The smallest absolute Gasteiger partial charge is 0.237 e. The first-order valence-corrected chi connectivity index (χ1v) is 8.58. The predicted octanol–water partition coefficient (Wildman–Crippen LogP) is -0.247. The van der Waals surface area contributed by atoms with E-state index >= 15 is 0 Å². The zero-order valence-electron chi connectivity index (χ0n) is 14.6. The third kappa shape index (κ3) is 5.86. The van der Waals surface area contributed by atoms with Gasteiger partial charge < -0.3 is 20.9 Å². The topological polar surface area (TPSA) is 95.7 Å². The van der Waals surface area contributed by atoms with Crippen LogP contribution >= 0.6 is 0 Å². The summed E-state index contributed by atoms with van der Waals surface area (Å²) in [7, 11) is 0. The van der Waals surface area contributed by atoms with Gasteiger partial charge in [-0.2, -0.15) is 0 Å². The molecule has 1 aliphatic heterocycles. The third-order valence-electron chi connectivity index (χ3n) is 4.35. The lowest BCUT2D eigenvalue weighted by atomic mass is 10.1. The van der Waals surface area contributed by atoms with Gasteiger partial charge in [0.05, 0.1) is 6.04 Å². The number of hydrogen-bond donors (Lipinski definition) is 2. The van der Waals surface area contributed by atoms with Crippen molar-refractivity contribution in [1.82, 2.24) is 15.1 Å².